The topological polar surface area (TPSA) is 125 Å². The number of rotatable bonds is 7. The van der Waals surface area contributed by atoms with Crippen LogP contribution >= 0.6 is 12.2 Å². The third-order valence-corrected chi connectivity index (χ3v) is 3.04. The molecule has 0 aliphatic heterocycles. The van der Waals surface area contributed by atoms with Crippen LogP contribution in [-0.2, 0) is 0 Å². The zero-order valence-corrected chi connectivity index (χ0v) is 12.8. The van der Waals surface area contributed by atoms with Gasteiger partial charge in [0.05, 0.1) is 12.2 Å². The average molecular weight is 341 g/mol. The van der Waals surface area contributed by atoms with Gasteiger partial charge in [-0.05, 0) is 28.5 Å². The summed E-state index contributed by atoms with van der Waals surface area (Å²) in [6, 6.07) is 4.30. The quantitative estimate of drug-likeness (QED) is 0.0792. The summed E-state index contributed by atoms with van der Waals surface area (Å²) in [5.41, 5.74) is 0.963. The molecule has 23 heavy (non-hydrogen) atoms. The van der Waals surface area contributed by atoms with Crippen molar-refractivity contribution >= 4 is 37.1 Å². The van der Waals surface area contributed by atoms with Crippen LogP contribution in [0.25, 0.3) is 0 Å². The molecule has 0 spiro atoms. The van der Waals surface area contributed by atoms with Crippen molar-refractivity contribution in [1.29, 1.82) is 0 Å². The van der Waals surface area contributed by atoms with Crippen LogP contribution in [0.4, 0.5) is 10.1 Å². The van der Waals surface area contributed by atoms with Crippen LogP contribution in [0, 0.1) is 5.82 Å². The molecule has 0 bridgehead atoms. The van der Waals surface area contributed by atoms with Gasteiger partial charge in [0.1, 0.15) is 20.3 Å². The van der Waals surface area contributed by atoms with Crippen molar-refractivity contribution in [2.45, 2.75) is 0 Å². The zero-order valence-electron chi connectivity index (χ0n) is 12.0. The molecular weight excluding hydrogens is 328 g/mol. The minimum Gasteiger partial charge on any atom is -0.472 e. The molecule has 122 valence electrons. The van der Waals surface area contributed by atoms with Crippen molar-refractivity contribution in [2.24, 2.45) is 5.16 Å². The lowest BCUT2D eigenvalue weighted by molar-refractivity contribution is 0.258. The van der Waals surface area contributed by atoms with E-state index in [-0.39, 0.29) is 29.8 Å². The molecule has 0 aliphatic carbocycles. The Morgan fingerprint density at radius 2 is 2.30 bits per heavy atom. The summed E-state index contributed by atoms with van der Waals surface area (Å²) in [7, 11) is 1.61. The fraction of sp³-hybridized carbons (Fsp3) is 0.182. The SMILES string of the molecule is Bc1cc(N/C(=N\O)c2nonc2OCCNSO)ccc1F. The maximum atomic E-state index is 13.3. The summed E-state index contributed by atoms with van der Waals surface area (Å²) in [4.78, 5) is 0. The number of amidine groups is 1. The van der Waals surface area contributed by atoms with E-state index in [1.807, 2.05) is 0 Å². The summed E-state index contributed by atoms with van der Waals surface area (Å²) in [5.74, 6) is -0.412. The first-order valence-electron chi connectivity index (χ1n) is 6.40. The smallest absolute Gasteiger partial charge is 0.287 e. The molecule has 0 atom stereocenters. The Bertz CT molecular complexity index is 686. The molecule has 2 aromatic rings. The second-order valence-electron chi connectivity index (χ2n) is 4.29. The third kappa shape index (κ3) is 4.58. The number of ether oxygens (including phenoxy) is 1. The number of aromatic nitrogens is 2. The maximum Gasteiger partial charge on any atom is 0.287 e. The molecule has 0 saturated carbocycles. The van der Waals surface area contributed by atoms with Gasteiger partial charge in [-0.15, -0.1) is 0 Å². The number of halogens is 1. The molecule has 0 saturated heterocycles. The minimum absolute atomic E-state index is 0.00822. The first kappa shape index (κ1) is 17.1. The Labute approximate surface area is 135 Å². The molecule has 0 radical (unpaired) electrons. The number of benzene rings is 1. The van der Waals surface area contributed by atoms with Crippen LogP contribution in [0.5, 0.6) is 5.88 Å². The number of anilines is 1. The van der Waals surface area contributed by atoms with Crippen molar-refractivity contribution in [3.63, 3.8) is 0 Å². The van der Waals surface area contributed by atoms with E-state index >= 15 is 0 Å². The molecule has 12 heteroatoms. The molecule has 1 aromatic carbocycles. The second-order valence-corrected chi connectivity index (χ2v) is 4.76. The first-order valence-corrected chi connectivity index (χ1v) is 7.17. The van der Waals surface area contributed by atoms with Crippen molar-refractivity contribution < 1.29 is 23.5 Å². The summed E-state index contributed by atoms with van der Waals surface area (Å²) in [5, 5.41) is 22.2. The van der Waals surface area contributed by atoms with Crippen LogP contribution < -0.4 is 20.2 Å². The average Bonchev–Trinajstić information content (AvgIpc) is 3.01. The first-order chi connectivity index (χ1) is 11.2. The summed E-state index contributed by atoms with van der Waals surface area (Å²) in [6.45, 7) is 0.507. The summed E-state index contributed by atoms with van der Waals surface area (Å²) < 4.78 is 34.2. The van der Waals surface area contributed by atoms with Crippen LogP contribution in [0.2, 0.25) is 0 Å². The normalized spacial score (nSPS) is 11.5. The third-order valence-electron chi connectivity index (χ3n) is 2.71. The van der Waals surface area contributed by atoms with E-state index < -0.39 is 0 Å². The molecule has 4 N–H and O–H groups in total. The molecular formula is C11H13BFN5O4S. The van der Waals surface area contributed by atoms with Gasteiger partial charge in [0, 0.05) is 12.2 Å². The Morgan fingerprint density at radius 3 is 3.00 bits per heavy atom. The molecule has 0 fully saturated rings. The molecule has 1 aromatic heterocycles. The van der Waals surface area contributed by atoms with Gasteiger partial charge in [0.25, 0.3) is 5.88 Å². The largest absolute Gasteiger partial charge is 0.472 e. The Morgan fingerprint density at radius 1 is 1.48 bits per heavy atom. The van der Waals surface area contributed by atoms with Crippen molar-refractivity contribution in [3.05, 3.63) is 29.7 Å². The Kier molecular flexibility index (Phi) is 6.20. The molecule has 2 rings (SSSR count). The van der Waals surface area contributed by atoms with Gasteiger partial charge < -0.3 is 19.8 Å². The number of nitrogens with zero attached hydrogens (tertiary/aromatic N) is 3. The van der Waals surface area contributed by atoms with Crippen molar-refractivity contribution in [3.8, 4) is 5.88 Å². The zero-order chi connectivity index (χ0) is 16.7. The van der Waals surface area contributed by atoms with Crippen LogP contribution in [0.3, 0.4) is 0 Å². The lowest BCUT2D eigenvalue weighted by Crippen LogP contribution is -2.19. The molecule has 9 nitrogen and oxygen atoms in total. The van der Waals surface area contributed by atoms with Crippen molar-refractivity contribution in [2.75, 3.05) is 18.5 Å². The summed E-state index contributed by atoms with van der Waals surface area (Å²) in [6.07, 6.45) is 0. The Balaban J connectivity index is 2.09. The van der Waals surface area contributed by atoms with Crippen LogP contribution in [0.15, 0.2) is 28.0 Å². The van der Waals surface area contributed by atoms with Crippen LogP contribution in [-0.4, -0.2) is 46.9 Å². The predicted molar refractivity (Wildman–Crippen MR) is 84.5 cm³/mol. The predicted octanol–water partition coefficient (Wildman–Crippen LogP) is -0.195. The highest BCUT2D eigenvalue weighted by atomic mass is 32.2. The number of nitrogens with one attached hydrogen (secondary N) is 2. The van der Waals surface area contributed by atoms with Crippen LogP contribution in [0.1, 0.15) is 5.69 Å². The number of hydrogen-bond acceptors (Lipinski definition) is 9. The fourth-order valence-electron chi connectivity index (χ4n) is 1.65. The standard InChI is InChI=1S/C11H13BFN5O4S/c12-7-5-6(1-2-8(7)13)15-10(16-19)9-11(18-22-17-9)21-4-3-14-23-20/h1-2,5,14,19-20H,3-4,12H2,(H,15,16). The van der Waals surface area contributed by atoms with E-state index in [9.17, 15) is 4.39 Å². The number of hydrogen-bond donors (Lipinski definition) is 4. The van der Waals surface area contributed by atoms with E-state index in [0.29, 0.717) is 29.9 Å². The van der Waals surface area contributed by atoms with E-state index in [4.69, 9.17) is 14.5 Å². The molecule has 0 unspecified atom stereocenters. The molecule has 1 heterocycles. The highest BCUT2D eigenvalue weighted by molar-refractivity contribution is 7.91. The summed E-state index contributed by atoms with van der Waals surface area (Å²) >= 11 is 0.462. The Hall–Kier alpha value is -2.31. The van der Waals surface area contributed by atoms with Gasteiger partial charge in [0.2, 0.25) is 11.5 Å². The lowest BCUT2D eigenvalue weighted by atomic mass is 9.95. The lowest BCUT2D eigenvalue weighted by Gasteiger charge is -2.08. The monoisotopic (exact) mass is 341 g/mol. The maximum absolute atomic E-state index is 13.3. The highest BCUT2D eigenvalue weighted by Gasteiger charge is 2.19. The second kappa shape index (κ2) is 8.36. The van der Waals surface area contributed by atoms with Gasteiger partial charge >= 0.3 is 0 Å². The highest BCUT2D eigenvalue weighted by Crippen LogP contribution is 2.16. The van der Waals surface area contributed by atoms with E-state index in [0.717, 1.165) is 0 Å². The van der Waals surface area contributed by atoms with Gasteiger partial charge in [-0.3, -0.25) is 0 Å². The van der Waals surface area contributed by atoms with Gasteiger partial charge in [0.15, 0.2) is 0 Å². The van der Waals surface area contributed by atoms with Crippen molar-refractivity contribution in [1.82, 2.24) is 15.0 Å². The van der Waals surface area contributed by atoms with Gasteiger partial charge in [-0.25, -0.2) is 13.7 Å². The van der Waals surface area contributed by atoms with E-state index in [1.54, 1.807) is 7.85 Å². The van der Waals surface area contributed by atoms with E-state index in [2.05, 4.69) is 30.1 Å². The molecule has 0 amide bonds. The number of oxime groups is 1. The minimum atomic E-state index is -0.348. The van der Waals surface area contributed by atoms with Gasteiger partial charge in [-0.2, -0.15) is 0 Å². The van der Waals surface area contributed by atoms with E-state index in [1.165, 1.54) is 18.2 Å². The van der Waals surface area contributed by atoms with Gasteiger partial charge in [-0.1, -0.05) is 10.6 Å². The fourth-order valence-corrected chi connectivity index (χ4v) is 1.82. The molecule has 0 aliphatic rings.